The van der Waals surface area contributed by atoms with Crippen molar-refractivity contribution in [3.8, 4) is 0 Å². The summed E-state index contributed by atoms with van der Waals surface area (Å²) in [7, 11) is 3.44. The fraction of sp³-hybridized carbons (Fsp3) is 0.300. The van der Waals surface area contributed by atoms with E-state index in [9.17, 15) is 9.59 Å². The maximum Gasteiger partial charge on any atom is 0.319 e. The van der Waals surface area contributed by atoms with Crippen LogP contribution in [0.2, 0.25) is 0 Å². The number of carbonyl (C=O) groups is 2. The molecule has 0 atom stereocenters. The zero-order valence-corrected chi connectivity index (χ0v) is 15.9. The first-order valence-electron chi connectivity index (χ1n) is 8.70. The summed E-state index contributed by atoms with van der Waals surface area (Å²) in [6.07, 6.45) is 0. The molecule has 0 heterocycles. The number of rotatable bonds is 8. The molecule has 2 rings (SSSR count). The van der Waals surface area contributed by atoms with Crippen molar-refractivity contribution in [2.24, 2.45) is 0 Å². The molecule has 3 N–H and O–H groups in total. The third-order valence-corrected chi connectivity index (χ3v) is 4.06. The molecule has 2 aromatic rings. The maximum absolute atomic E-state index is 12.2. The Morgan fingerprint density at radius 1 is 1.00 bits per heavy atom. The summed E-state index contributed by atoms with van der Waals surface area (Å²) in [5.41, 5.74) is 3.14. The monoisotopic (exact) mass is 370 g/mol. The Labute approximate surface area is 159 Å². The van der Waals surface area contributed by atoms with Crippen LogP contribution in [0.1, 0.15) is 5.56 Å². The summed E-state index contributed by atoms with van der Waals surface area (Å²) < 4.78 is 4.81. The molecule has 0 aromatic heterocycles. The highest BCUT2D eigenvalue weighted by Crippen LogP contribution is 2.23. The Kier molecular flexibility index (Phi) is 7.63. The van der Waals surface area contributed by atoms with Crippen LogP contribution in [0.5, 0.6) is 0 Å². The number of para-hydroxylation sites is 1. The number of amides is 3. The van der Waals surface area contributed by atoms with E-state index in [0.29, 0.717) is 24.5 Å². The van der Waals surface area contributed by atoms with Gasteiger partial charge in [-0.05, 0) is 36.8 Å². The smallest absolute Gasteiger partial charge is 0.319 e. The lowest BCUT2D eigenvalue weighted by molar-refractivity contribution is -0.119. The molecule has 7 heteroatoms. The predicted molar refractivity (Wildman–Crippen MR) is 108 cm³/mol. The molecule has 0 fully saturated rings. The second kappa shape index (κ2) is 10.2. The Bertz CT molecular complexity index is 765. The molecule has 2 aromatic carbocycles. The minimum Gasteiger partial charge on any atom is -0.375 e. The van der Waals surface area contributed by atoms with E-state index in [2.05, 4.69) is 20.9 Å². The Hall–Kier alpha value is -3.06. The molecule has 0 aliphatic carbocycles. The van der Waals surface area contributed by atoms with Crippen molar-refractivity contribution in [2.45, 2.75) is 6.92 Å². The first-order valence-corrected chi connectivity index (χ1v) is 8.70. The molecule has 0 aliphatic heterocycles. The molecule has 3 amide bonds. The number of hydrogen-bond donors (Lipinski definition) is 3. The predicted octanol–water partition coefficient (Wildman–Crippen LogP) is 2.84. The van der Waals surface area contributed by atoms with Crippen LogP contribution in [-0.2, 0) is 9.53 Å². The average Bonchev–Trinajstić information content (AvgIpc) is 2.66. The van der Waals surface area contributed by atoms with Gasteiger partial charge in [-0.25, -0.2) is 4.79 Å². The van der Waals surface area contributed by atoms with E-state index in [1.54, 1.807) is 18.2 Å². The first kappa shape index (κ1) is 20.3. The first-order chi connectivity index (χ1) is 13.0. The topological polar surface area (TPSA) is 82.7 Å². The van der Waals surface area contributed by atoms with Crippen molar-refractivity contribution in [1.82, 2.24) is 5.32 Å². The number of nitrogens with one attached hydrogen (secondary N) is 3. The van der Waals surface area contributed by atoms with Crippen LogP contribution < -0.4 is 20.9 Å². The summed E-state index contributed by atoms with van der Waals surface area (Å²) in [5.74, 6) is -0.244. The molecule has 0 bridgehead atoms. The largest absolute Gasteiger partial charge is 0.375 e. The van der Waals surface area contributed by atoms with Gasteiger partial charge in [0.2, 0.25) is 5.91 Å². The van der Waals surface area contributed by atoms with E-state index in [1.807, 2.05) is 44.3 Å². The Morgan fingerprint density at radius 3 is 2.33 bits per heavy atom. The molecule has 144 valence electrons. The van der Waals surface area contributed by atoms with Crippen molar-refractivity contribution >= 4 is 29.0 Å². The molecule has 0 saturated carbocycles. The highest BCUT2D eigenvalue weighted by molar-refractivity contribution is 5.95. The molecular formula is C20H26N4O3. The summed E-state index contributed by atoms with van der Waals surface area (Å²) in [6.45, 7) is 3.00. The third-order valence-electron chi connectivity index (χ3n) is 4.06. The molecule has 27 heavy (non-hydrogen) atoms. The van der Waals surface area contributed by atoms with Gasteiger partial charge in [0.15, 0.2) is 0 Å². The Morgan fingerprint density at radius 2 is 1.67 bits per heavy atom. The minimum atomic E-state index is -0.292. The number of carbonyl (C=O) groups excluding carboxylic acids is 2. The van der Waals surface area contributed by atoms with Gasteiger partial charge in [-0.1, -0.05) is 24.3 Å². The second-order valence-electron chi connectivity index (χ2n) is 6.10. The van der Waals surface area contributed by atoms with Crippen molar-refractivity contribution in [3.63, 3.8) is 0 Å². The highest BCUT2D eigenvalue weighted by Gasteiger charge is 2.10. The lowest BCUT2D eigenvalue weighted by Gasteiger charge is -2.19. The number of methoxy groups -OCH3 is 1. The number of hydrogen-bond acceptors (Lipinski definition) is 4. The van der Waals surface area contributed by atoms with Gasteiger partial charge < -0.3 is 25.6 Å². The SMILES string of the molecule is COCC(=O)Nc1cccc(NC(=O)NCCN(C)c2ccccc2)c1C. The summed E-state index contributed by atoms with van der Waals surface area (Å²) in [6, 6.07) is 15.0. The van der Waals surface area contributed by atoms with E-state index in [-0.39, 0.29) is 18.5 Å². The maximum atomic E-state index is 12.2. The highest BCUT2D eigenvalue weighted by atomic mass is 16.5. The van der Waals surface area contributed by atoms with Crippen LogP contribution in [0.3, 0.4) is 0 Å². The number of nitrogens with zero attached hydrogens (tertiary/aromatic N) is 1. The molecule has 0 saturated heterocycles. The van der Waals surface area contributed by atoms with Gasteiger partial charge in [-0.2, -0.15) is 0 Å². The second-order valence-corrected chi connectivity index (χ2v) is 6.10. The molecule has 0 radical (unpaired) electrons. The molecule has 7 nitrogen and oxygen atoms in total. The minimum absolute atomic E-state index is 0.0213. The number of ether oxygens (including phenoxy) is 1. The van der Waals surface area contributed by atoms with Gasteiger partial charge >= 0.3 is 6.03 Å². The summed E-state index contributed by atoms with van der Waals surface area (Å²) in [5, 5.41) is 8.42. The van der Waals surface area contributed by atoms with Crippen LogP contribution in [0.25, 0.3) is 0 Å². The van der Waals surface area contributed by atoms with Crippen molar-refractivity contribution in [2.75, 3.05) is 49.4 Å². The van der Waals surface area contributed by atoms with E-state index in [1.165, 1.54) is 7.11 Å². The van der Waals surface area contributed by atoms with Gasteiger partial charge in [-0.3, -0.25) is 4.79 Å². The zero-order chi connectivity index (χ0) is 19.6. The van der Waals surface area contributed by atoms with E-state index < -0.39 is 0 Å². The number of benzene rings is 2. The Balaban J connectivity index is 1.85. The quantitative estimate of drug-likeness (QED) is 0.667. The normalized spacial score (nSPS) is 10.2. The van der Waals surface area contributed by atoms with E-state index in [0.717, 1.165) is 11.3 Å². The molecule has 0 spiro atoms. The lowest BCUT2D eigenvalue weighted by Crippen LogP contribution is -2.35. The van der Waals surface area contributed by atoms with E-state index >= 15 is 0 Å². The fourth-order valence-corrected chi connectivity index (χ4v) is 2.54. The number of anilines is 3. The van der Waals surface area contributed by atoms with Gasteiger partial charge in [-0.15, -0.1) is 0 Å². The summed E-state index contributed by atoms with van der Waals surface area (Å²) in [4.78, 5) is 25.9. The average molecular weight is 370 g/mol. The molecule has 0 aliphatic rings. The third kappa shape index (κ3) is 6.31. The van der Waals surface area contributed by atoms with E-state index in [4.69, 9.17) is 4.74 Å². The number of urea groups is 1. The summed E-state index contributed by atoms with van der Waals surface area (Å²) >= 11 is 0. The standard InChI is InChI=1S/C20H26N4O3/c1-15-17(22-19(25)14-27-3)10-7-11-18(15)23-20(26)21-12-13-24(2)16-8-5-4-6-9-16/h4-11H,12-14H2,1-3H3,(H,22,25)(H2,21,23,26). The molecule has 0 unspecified atom stereocenters. The van der Waals surface area contributed by atoms with Crippen LogP contribution in [0, 0.1) is 6.92 Å². The van der Waals surface area contributed by atoms with Gasteiger partial charge in [0, 0.05) is 44.3 Å². The number of likely N-dealkylation sites (N-methyl/N-ethyl adjacent to an activating group) is 1. The van der Waals surface area contributed by atoms with Crippen LogP contribution in [-0.4, -0.2) is 45.8 Å². The van der Waals surface area contributed by atoms with Crippen molar-refractivity contribution < 1.29 is 14.3 Å². The fourth-order valence-electron chi connectivity index (χ4n) is 2.54. The van der Waals surface area contributed by atoms with Crippen LogP contribution >= 0.6 is 0 Å². The van der Waals surface area contributed by atoms with Gasteiger partial charge in [0.1, 0.15) is 6.61 Å². The lowest BCUT2D eigenvalue weighted by atomic mass is 10.1. The van der Waals surface area contributed by atoms with Crippen LogP contribution in [0.4, 0.5) is 21.9 Å². The molecular weight excluding hydrogens is 344 g/mol. The zero-order valence-electron chi connectivity index (χ0n) is 15.9. The van der Waals surface area contributed by atoms with Gasteiger partial charge in [0.05, 0.1) is 0 Å². The van der Waals surface area contributed by atoms with Crippen molar-refractivity contribution in [1.29, 1.82) is 0 Å². The van der Waals surface area contributed by atoms with Gasteiger partial charge in [0.25, 0.3) is 0 Å². The van der Waals surface area contributed by atoms with Crippen molar-refractivity contribution in [3.05, 3.63) is 54.1 Å². The van der Waals surface area contributed by atoms with Crippen LogP contribution in [0.15, 0.2) is 48.5 Å².